The number of benzene rings is 1. The van der Waals surface area contributed by atoms with Gasteiger partial charge in [-0.25, -0.2) is 4.98 Å². The average Bonchev–Trinajstić information content (AvgIpc) is 3.19. The van der Waals surface area contributed by atoms with E-state index >= 15 is 0 Å². The highest BCUT2D eigenvalue weighted by Gasteiger charge is 2.39. The quantitative estimate of drug-likeness (QED) is 0.545. The summed E-state index contributed by atoms with van der Waals surface area (Å²) < 4.78 is 0. The number of pyridine rings is 1. The molecule has 176 valence electrons. The van der Waals surface area contributed by atoms with Crippen LogP contribution in [0.25, 0.3) is 0 Å². The lowest BCUT2D eigenvalue weighted by atomic mass is 9.84. The van der Waals surface area contributed by atoms with Crippen LogP contribution in [0.1, 0.15) is 64.5 Å². The number of nitrogens with one attached hydrogen (secondary N) is 1. The Labute approximate surface area is 203 Å². The molecule has 3 aliphatic heterocycles. The summed E-state index contributed by atoms with van der Waals surface area (Å²) in [5.41, 5.74) is 3.90. The van der Waals surface area contributed by atoms with Crippen molar-refractivity contribution in [2.24, 2.45) is 0 Å². The molecule has 5 rings (SSSR count). The minimum absolute atomic E-state index is 0.0591. The largest absolute Gasteiger partial charge is 0.322 e. The van der Waals surface area contributed by atoms with Crippen molar-refractivity contribution >= 4 is 17.7 Å². The molecule has 35 heavy (non-hydrogen) atoms. The van der Waals surface area contributed by atoms with E-state index in [9.17, 15) is 14.4 Å². The van der Waals surface area contributed by atoms with Crippen molar-refractivity contribution in [3.8, 4) is 18.4 Å². The first-order chi connectivity index (χ1) is 17.0. The molecule has 2 saturated heterocycles. The summed E-state index contributed by atoms with van der Waals surface area (Å²) in [7, 11) is 0. The maximum absolute atomic E-state index is 13.0. The number of aromatic nitrogens is 1. The minimum Gasteiger partial charge on any atom is -0.322 e. The Morgan fingerprint density at radius 2 is 2.03 bits per heavy atom. The first kappa shape index (κ1) is 22.8. The van der Waals surface area contributed by atoms with Gasteiger partial charge in [0.1, 0.15) is 17.8 Å². The number of rotatable bonds is 4. The van der Waals surface area contributed by atoms with Crippen LogP contribution in [0.2, 0.25) is 0 Å². The fourth-order valence-corrected chi connectivity index (χ4v) is 5.37. The van der Waals surface area contributed by atoms with Gasteiger partial charge in [-0.1, -0.05) is 24.1 Å². The van der Waals surface area contributed by atoms with Crippen LogP contribution >= 0.6 is 0 Å². The first-order valence-electron chi connectivity index (χ1n) is 11.8. The number of amides is 3. The number of piperidine rings is 2. The van der Waals surface area contributed by atoms with E-state index < -0.39 is 11.9 Å². The molecule has 2 fully saturated rings. The molecule has 3 unspecified atom stereocenters. The van der Waals surface area contributed by atoms with Gasteiger partial charge < -0.3 is 4.90 Å². The first-order valence-corrected chi connectivity index (χ1v) is 11.8. The van der Waals surface area contributed by atoms with E-state index in [-0.39, 0.29) is 30.2 Å². The molecule has 1 aromatic carbocycles. The zero-order valence-corrected chi connectivity index (χ0v) is 19.2. The molecule has 0 saturated carbocycles. The number of hydrogen-bond acceptors (Lipinski definition) is 6. The molecule has 3 amide bonds. The predicted molar refractivity (Wildman–Crippen MR) is 126 cm³/mol. The maximum atomic E-state index is 13.0. The smallest absolute Gasteiger partial charge is 0.255 e. The Kier molecular flexibility index (Phi) is 6.07. The van der Waals surface area contributed by atoms with Gasteiger partial charge in [0.05, 0.1) is 11.7 Å². The fraction of sp³-hybridized carbons (Fsp3) is 0.370. The van der Waals surface area contributed by atoms with Crippen LogP contribution in [0.4, 0.5) is 0 Å². The van der Waals surface area contributed by atoms with Crippen molar-refractivity contribution in [1.29, 1.82) is 5.26 Å². The second-order valence-electron chi connectivity index (χ2n) is 9.32. The zero-order valence-electron chi connectivity index (χ0n) is 19.2. The van der Waals surface area contributed by atoms with Crippen molar-refractivity contribution in [2.45, 2.75) is 56.8 Å². The number of nitriles is 1. The number of carbonyl (C=O) groups excluding carboxylic acids is 3. The van der Waals surface area contributed by atoms with E-state index in [1.54, 1.807) is 11.0 Å². The minimum atomic E-state index is -0.613. The number of fused-ring (bicyclic) bond motifs is 1. The van der Waals surface area contributed by atoms with Crippen molar-refractivity contribution in [3.05, 3.63) is 64.5 Å². The second kappa shape index (κ2) is 9.32. The molecular formula is C27H25N5O3. The van der Waals surface area contributed by atoms with Crippen LogP contribution in [-0.4, -0.2) is 51.1 Å². The number of nitrogens with zero attached hydrogens (tertiary/aromatic N) is 4. The summed E-state index contributed by atoms with van der Waals surface area (Å²) in [4.78, 5) is 44.9. The van der Waals surface area contributed by atoms with Gasteiger partial charge in [-0.3, -0.25) is 24.6 Å². The Morgan fingerprint density at radius 1 is 1.17 bits per heavy atom. The van der Waals surface area contributed by atoms with Gasteiger partial charge in [0.15, 0.2) is 0 Å². The number of imide groups is 1. The molecule has 0 spiro atoms. The van der Waals surface area contributed by atoms with Crippen LogP contribution in [0, 0.1) is 23.7 Å². The topological polar surface area (TPSA) is 106 Å². The van der Waals surface area contributed by atoms with Crippen LogP contribution in [0.5, 0.6) is 0 Å². The van der Waals surface area contributed by atoms with Crippen LogP contribution in [0.15, 0.2) is 36.4 Å². The van der Waals surface area contributed by atoms with Crippen LogP contribution < -0.4 is 5.32 Å². The van der Waals surface area contributed by atoms with Gasteiger partial charge >= 0.3 is 0 Å². The summed E-state index contributed by atoms with van der Waals surface area (Å²) >= 11 is 0. The van der Waals surface area contributed by atoms with Gasteiger partial charge in [0.25, 0.3) is 5.91 Å². The van der Waals surface area contributed by atoms with Crippen molar-refractivity contribution < 1.29 is 14.4 Å². The third-order valence-electron chi connectivity index (χ3n) is 7.21. The molecule has 4 heterocycles. The van der Waals surface area contributed by atoms with E-state index in [1.165, 1.54) is 0 Å². The van der Waals surface area contributed by atoms with E-state index in [2.05, 4.69) is 33.3 Å². The molecule has 8 nitrogen and oxygen atoms in total. The van der Waals surface area contributed by atoms with Gasteiger partial charge in [0, 0.05) is 31.6 Å². The third-order valence-corrected chi connectivity index (χ3v) is 7.21. The molecule has 2 aromatic rings. The van der Waals surface area contributed by atoms with Crippen LogP contribution in [0.3, 0.4) is 0 Å². The highest BCUT2D eigenvalue weighted by Crippen LogP contribution is 2.35. The number of hydrogen-bond donors (Lipinski definition) is 1. The third kappa shape index (κ3) is 4.41. The molecule has 0 bridgehead atoms. The van der Waals surface area contributed by atoms with Crippen molar-refractivity contribution in [1.82, 2.24) is 20.1 Å². The Bertz CT molecular complexity index is 1290. The lowest BCUT2D eigenvalue weighted by Crippen LogP contribution is -2.52. The number of terminal acetylenes is 1. The highest BCUT2D eigenvalue weighted by molar-refractivity contribution is 6.05. The summed E-state index contributed by atoms with van der Waals surface area (Å²) in [6, 6.07) is 12.8. The van der Waals surface area contributed by atoms with Crippen molar-refractivity contribution in [3.63, 3.8) is 0 Å². The molecular weight excluding hydrogens is 442 g/mol. The van der Waals surface area contributed by atoms with Gasteiger partial charge in [-0.2, -0.15) is 5.26 Å². The van der Waals surface area contributed by atoms with E-state index in [1.807, 2.05) is 24.3 Å². The average molecular weight is 468 g/mol. The van der Waals surface area contributed by atoms with E-state index in [0.717, 1.165) is 36.2 Å². The normalized spacial score (nSPS) is 24.5. The number of likely N-dealkylation sites (tertiary alicyclic amines) is 1. The molecule has 0 aliphatic carbocycles. The lowest BCUT2D eigenvalue weighted by molar-refractivity contribution is -0.136. The molecule has 1 N–H and O–H groups in total. The fourth-order valence-electron chi connectivity index (χ4n) is 5.37. The van der Waals surface area contributed by atoms with E-state index in [4.69, 9.17) is 11.7 Å². The molecule has 1 aromatic heterocycles. The van der Waals surface area contributed by atoms with Gasteiger partial charge in [0.2, 0.25) is 11.8 Å². The summed E-state index contributed by atoms with van der Waals surface area (Å²) in [5, 5.41) is 11.4. The highest BCUT2D eigenvalue weighted by atomic mass is 16.2. The maximum Gasteiger partial charge on any atom is 0.255 e. The Hall–Kier alpha value is -4.01. The van der Waals surface area contributed by atoms with Crippen LogP contribution in [-0.2, 0) is 22.7 Å². The SMILES string of the molecule is C#CC1CC(c2ccc3c(c2)CN(C2CCC(=O)NC2=O)C3=O)CCN1Cc1cccc(C#N)n1. The Morgan fingerprint density at radius 3 is 2.80 bits per heavy atom. The van der Waals surface area contributed by atoms with Gasteiger partial charge in [-0.05, 0) is 54.5 Å². The molecule has 3 aliphatic rings. The summed E-state index contributed by atoms with van der Waals surface area (Å²) in [5.74, 6) is 2.32. The lowest BCUT2D eigenvalue weighted by Gasteiger charge is -2.37. The summed E-state index contributed by atoms with van der Waals surface area (Å²) in [6.07, 6.45) is 8.20. The van der Waals surface area contributed by atoms with Crippen molar-refractivity contribution in [2.75, 3.05) is 6.54 Å². The van der Waals surface area contributed by atoms with E-state index in [0.29, 0.717) is 30.8 Å². The molecule has 0 radical (unpaired) electrons. The molecule has 8 heteroatoms. The Balaban J connectivity index is 1.28. The predicted octanol–water partition coefficient (Wildman–Crippen LogP) is 2.10. The monoisotopic (exact) mass is 467 g/mol. The summed E-state index contributed by atoms with van der Waals surface area (Å²) in [6.45, 7) is 1.76. The zero-order chi connectivity index (χ0) is 24.5. The van der Waals surface area contributed by atoms with Gasteiger partial charge in [-0.15, -0.1) is 6.42 Å². The standard InChI is InChI=1S/C27H25N5O3/c1-2-22-13-18(10-11-31(22)16-21-5-3-4-20(14-28)29-21)17-6-7-23-19(12-17)15-32(27(23)35)24-8-9-25(33)30-26(24)34/h1,3-7,12,18,22,24H,8-11,13,15-16H2,(H,30,33,34). The second-order valence-corrected chi connectivity index (χ2v) is 9.32. The molecule has 3 atom stereocenters. The number of carbonyl (C=O) groups is 3.